The Labute approximate surface area is 119 Å². The van der Waals surface area contributed by atoms with Crippen LogP contribution in [-0.2, 0) is 4.74 Å². The second-order valence-electron chi connectivity index (χ2n) is 5.03. The van der Waals surface area contributed by atoms with Crippen LogP contribution in [0, 0.1) is 0 Å². The average molecular weight is 278 g/mol. The van der Waals surface area contributed by atoms with Gasteiger partial charge in [-0.3, -0.25) is 0 Å². The van der Waals surface area contributed by atoms with Gasteiger partial charge in [0.05, 0.1) is 19.3 Å². The highest BCUT2D eigenvalue weighted by atomic mass is 16.5. The third kappa shape index (κ3) is 4.13. The number of likely N-dealkylation sites (tertiary alicyclic amines) is 1. The van der Waals surface area contributed by atoms with Crippen molar-refractivity contribution < 1.29 is 14.3 Å². The highest BCUT2D eigenvalue weighted by Gasteiger charge is 2.12. The fourth-order valence-electron chi connectivity index (χ4n) is 2.40. The molecule has 0 aromatic heterocycles. The molecular weight excluding hydrogens is 256 g/mol. The molecule has 0 spiro atoms. The van der Waals surface area contributed by atoms with Gasteiger partial charge in [0.15, 0.2) is 0 Å². The van der Waals surface area contributed by atoms with Crippen LogP contribution >= 0.6 is 0 Å². The van der Waals surface area contributed by atoms with Gasteiger partial charge in [0.25, 0.3) is 0 Å². The normalized spacial score (nSPS) is 15.2. The van der Waals surface area contributed by atoms with Gasteiger partial charge in [0.1, 0.15) is 5.75 Å². The number of carbonyl (C=O) groups is 1. The van der Waals surface area contributed by atoms with E-state index in [1.807, 2.05) is 0 Å². The van der Waals surface area contributed by atoms with Crippen LogP contribution in [0.25, 0.3) is 0 Å². The number of nitrogens with two attached hydrogens (primary N) is 1. The van der Waals surface area contributed by atoms with Crippen molar-refractivity contribution in [3.05, 3.63) is 23.8 Å². The molecule has 1 heterocycles. The van der Waals surface area contributed by atoms with Gasteiger partial charge in [0, 0.05) is 18.3 Å². The number of carbonyl (C=O) groups excluding carboxylic acids is 1. The van der Waals surface area contributed by atoms with Crippen LogP contribution in [0.4, 0.5) is 5.69 Å². The van der Waals surface area contributed by atoms with E-state index >= 15 is 0 Å². The fraction of sp³-hybridized carbons (Fsp3) is 0.533. The summed E-state index contributed by atoms with van der Waals surface area (Å²) in [6, 6.07) is 4.91. The summed E-state index contributed by atoms with van der Waals surface area (Å²) in [5, 5.41) is 0. The molecule has 20 heavy (non-hydrogen) atoms. The van der Waals surface area contributed by atoms with E-state index in [9.17, 15) is 4.79 Å². The quantitative estimate of drug-likeness (QED) is 0.489. The Morgan fingerprint density at radius 3 is 2.75 bits per heavy atom. The highest BCUT2D eigenvalue weighted by molar-refractivity contribution is 5.91. The number of hydrogen-bond acceptors (Lipinski definition) is 5. The lowest BCUT2D eigenvalue weighted by atomic mass is 10.2. The molecule has 1 saturated heterocycles. The van der Waals surface area contributed by atoms with E-state index in [0.29, 0.717) is 23.6 Å². The molecule has 2 N–H and O–H groups in total. The number of anilines is 1. The van der Waals surface area contributed by atoms with Crippen molar-refractivity contribution in [2.24, 2.45) is 0 Å². The molecule has 110 valence electrons. The first-order chi connectivity index (χ1) is 9.69. The molecule has 0 radical (unpaired) electrons. The maximum atomic E-state index is 11.9. The van der Waals surface area contributed by atoms with Crippen LogP contribution in [0.2, 0.25) is 0 Å². The summed E-state index contributed by atoms with van der Waals surface area (Å²) >= 11 is 0. The Kier molecular flexibility index (Phi) is 5.24. The van der Waals surface area contributed by atoms with Gasteiger partial charge in [-0.1, -0.05) is 0 Å². The van der Waals surface area contributed by atoms with Crippen molar-refractivity contribution in [2.75, 3.05) is 39.1 Å². The van der Waals surface area contributed by atoms with Crippen molar-refractivity contribution in [3.8, 4) is 5.75 Å². The molecule has 1 aromatic carbocycles. The Morgan fingerprint density at radius 1 is 1.30 bits per heavy atom. The lowest BCUT2D eigenvalue weighted by molar-refractivity contribution is 0.0490. The predicted octanol–water partition coefficient (Wildman–Crippen LogP) is 1.92. The Bertz CT molecular complexity index is 456. The molecule has 0 aliphatic carbocycles. The summed E-state index contributed by atoms with van der Waals surface area (Å²) in [6.07, 6.45) is 3.43. The second-order valence-corrected chi connectivity index (χ2v) is 5.03. The number of methoxy groups -OCH3 is 1. The smallest absolute Gasteiger partial charge is 0.338 e. The second kappa shape index (κ2) is 7.14. The minimum Gasteiger partial charge on any atom is -0.497 e. The third-order valence-electron chi connectivity index (χ3n) is 3.45. The molecule has 2 rings (SSSR count). The summed E-state index contributed by atoms with van der Waals surface area (Å²) in [4.78, 5) is 14.3. The van der Waals surface area contributed by atoms with Crippen LogP contribution in [0.3, 0.4) is 0 Å². The molecule has 1 aromatic rings. The lowest BCUT2D eigenvalue weighted by Crippen LogP contribution is -2.22. The summed E-state index contributed by atoms with van der Waals surface area (Å²) in [5.74, 6) is 0.214. The van der Waals surface area contributed by atoms with Crippen molar-refractivity contribution in [2.45, 2.75) is 19.3 Å². The van der Waals surface area contributed by atoms with Crippen LogP contribution in [-0.4, -0.2) is 44.2 Å². The maximum Gasteiger partial charge on any atom is 0.338 e. The Balaban J connectivity index is 1.77. The molecule has 0 saturated carbocycles. The fourth-order valence-corrected chi connectivity index (χ4v) is 2.40. The first kappa shape index (κ1) is 14.7. The lowest BCUT2D eigenvalue weighted by Gasteiger charge is -2.14. The van der Waals surface area contributed by atoms with Crippen molar-refractivity contribution in [1.82, 2.24) is 4.90 Å². The van der Waals surface area contributed by atoms with E-state index in [2.05, 4.69) is 4.90 Å². The molecule has 0 atom stereocenters. The molecular formula is C15H22N2O3. The monoisotopic (exact) mass is 278 g/mol. The minimum absolute atomic E-state index is 0.350. The Hall–Kier alpha value is -1.75. The van der Waals surface area contributed by atoms with Gasteiger partial charge >= 0.3 is 5.97 Å². The van der Waals surface area contributed by atoms with E-state index in [4.69, 9.17) is 15.2 Å². The number of esters is 1. The van der Waals surface area contributed by atoms with E-state index in [1.165, 1.54) is 25.9 Å². The molecule has 5 nitrogen and oxygen atoms in total. The van der Waals surface area contributed by atoms with E-state index in [-0.39, 0.29) is 5.97 Å². The molecule has 1 aliphatic heterocycles. The standard InChI is InChI=1S/C15H22N2O3/c1-19-14-10-12(9-13(16)11-14)15(18)20-8-4-7-17-5-2-3-6-17/h9-11H,2-8,16H2,1H3. The summed E-state index contributed by atoms with van der Waals surface area (Å²) in [7, 11) is 1.54. The maximum absolute atomic E-state index is 11.9. The largest absolute Gasteiger partial charge is 0.497 e. The van der Waals surface area contributed by atoms with Crippen molar-refractivity contribution >= 4 is 11.7 Å². The number of hydrogen-bond donors (Lipinski definition) is 1. The summed E-state index contributed by atoms with van der Waals surface area (Å²) in [6.45, 7) is 3.76. The summed E-state index contributed by atoms with van der Waals surface area (Å²) < 4.78 is 10.4. The predicted molar refractivity (Wildman–Crippen MR) is 78.0 cm³/mol. The van der Waals surface area contributed by atoms with Gasteiger partial charge in [-0.15, -0.1) is 0 Å². The van der Waals surface area contributed by atoms with E-state index in [0.717, 1.165) is 13.0 Å². The number of nitrogen functional groups attached to an aromatic ring is 1. The van der Waals surface area contributed by atoms with Gasteiger partial charge < -0.3 is 20.1 Å². The zero-order chi connectivity index (χ0) is 14.4. The number of ether oxygens (including phenoxy) is 2. The van der Waals surface area contributed by atoms with Crippen molar-refractivity contribution in [3.63, 3.8) is 0 Å². The van der Waals surface area contributed by atoms with E-state index in [1.54, 1.807) is 25.3 Å². The highest BCUT2D eigenvalue weighted by Crippen LogP contribution is 2.19. The average Bonchev–Trinajstić information content (AvgIpc) is 2.95. The van der Waals surface area contributed by atoms with Crippen LogP contribution < -0.4 is 10.5 Å². The molecule has 0 unspecified atom stereocenters. The van der Waals surface area contributed by atoms with Crippen LogP contribution in [0.15, 0.2) is 18.2 Å². The first-order valence-corrected chi connectivity index (χ1v) is 7.03. The first-order valence-electron chi connectivity index (χ1n) is 7.03. The molecule has 5 heteroatoms. The number of rotatable bonds is 6. The Morgan fingerprint density at radius 2 is 2.05 bits per heavy atom. The van der Waals surface area contributed by atoms with Gasteiger partial charge in [-0.05, 0) is 44.5 Å². The summed E-state index contributed by atoms with van der Waals surface area (Å²) in [5.41, 5.74) is 6.64. The molecule has 1 fully saturated rings. The zero-order valence-corrected chi connectivity index (χ0v) is 11.9. The van der Waals surface area contributed by atoms with Gasteiger partial charge in [0.2, 0.25) is 0 Å². The van der Waals surface area contributed by atoms with Gasteiger partial charge in [-0.25, -0.2) is 4.79 Å². The zero-order valence-electron chi connectivity index (χ0n) is 11.9. The topological polar surface area (TPSA) is 64.8 Å². The van der Waals surface area contributed by atoms with E-state index < -0.39 is 0 Å². The third-order valence-corrected chi connectivity index (χ3v) is 3.45. The minimum atomic E-state index is -0.350. The van der Waals surface area contributed by atoms with Crippen molar-refractivity contribution in [1.29, 1.82) is 0 Å². The van der Waals surface area contributed by atoms with Crippen LogP contribution in [0.5, 0.6) is 5.75 Å². The van der Waals surface area contributed by atoms with Gasteiger partial charge in [-0.2, -0.15) is 0 Å². The SMILES string of the molecule is COc1cc(N)cc(C(=O)OCCCN2CCCC2)c1. The van der Waals surface area contributed by atoms with Crippen LogP contribution in [0.1, 0.15) is 29.6 Å². The number of nitrogens with zero attached hydrogens (tertiary/aromatic N) is 1. The molecule has 1 aliphatic rings. The molecule has 0 amide bonds. The number of benzene rings is 1. The molecule has 0 bridgehead atoms.